The van der Waals surface area contributed by atoms with Crippen LogP contribution in [0, 0.1) is 0 Å². The largest absolute Gasteiger partial charge is 0.513 e. The maximum atomic E-state index is 11.6. The summed E-state index contributed by atoms with van der Waals surface area (Å²) in [5, 5.41) is 9.24. The Bertz CT molecular complexity index is 791. The van der Waals surface area contributed by atoms with Crippen LogP contribution in [-0.2, 0) is 23.9 Å². The molecule has 2 rings (SSSR count). The Hall–Kier alpha value is -3.79. The fraction of sp³-hybridized carbons (Fsp3) is 0.217. The normalized spacial score (nSPS) is 8.55. The summed E-state index contributed by atoms with van der Waals surface area (Å²) in [5.41, 5.74) is 0. The second-order valence-corrected chi connectivity index (χ2v) is 5.35. The van der Waals surface area contributed by atoms with Gasteiger partial charge in [0.25, 0.3) is 0 Å². The lowest BCUT2D eigenvalue weighted by Gasteiger charge is -2.08. The number of carbonyl (C=O) groups is 4. The molecule has 0 aliphatic heterocycles. The van der Waals surface area contributed by atoms with E-state index in [0.717, 1.165) is 6.08 Å². The summed E-state index contributed by atoms with van der Waals surface area (Å²) in [4.78, 5) is 38.4. The molecule has 0 aliphatic carbocycles. The van der Waals surface area contributed by atoms with Crippen LogP contribution in [0.15, 0.2) is 61.2 Å². The van der Waals surface area contributed by atoms with Gasteiger partial charge < -0.3 is 33.6 Å². The summed E-state index contributed by atoms with van der Waals surface area (Å²) >= 11 is 3.53. The maximum absolute atomic E-state index is 11.6. The molecule has 33 heavy (non-hydrogen) atoms. The number of phenols is 1. The van der Waals surface area contributed by atoms with Crippen molar-refractivity contribution in [3.8, 4) is 23.0 Å². The summed E-state index contributed by atoms with van der Waals surface area (Å²) in [6.07, 6.45) is 3.08. The molecule has 0 aliphatic rings. The van der Waals surface area contributed by atoms with E-state index >= 15 is 0 Å². The third-order valence-corrected chi connectivity index (χ3v) is 3.27. The Balaban J connectivity index is 0. The Morgan fingerprint density at radius 1 is 0.818 bits per heavy atom. The molecule has 2 aromatic rings. The molecule has 10 heteroatoms. The van der Waals surface area contributed by atoms with Crippen LogP contribution in [0.25, 0.3) is 0 Å². The predicted molar refractivity (Wildman–Crippen MR) is 126 cm³/mol. The van der Waals surface area contributed by atoms with Gasteiger partial charge in [-0.3, -0.25) is 0 Å². The van der Waals surface area contributed by atoms with Crippen molar-refractivity contribution in [1.29, 1.82) is 0 Å². The molecule has 0 saturated heterocycles. The summed E-state index contributed by atoms with van der Waals surface area (Å²) in [5.74, 6) is 1.11. The SMILES string of the molecule is C=CC(=O)OCCCCOC(=O)Oc1ccc(Oc2ccc(O)cc2)cc1.C=O.C=O.CS. The molecule has 0 bridgehead atoms. The molecular formula is C23H28O9S. The van der Waals surface area contributed by atoms with Crippen molar-refractivity contribution >= 4 is 38.3 Å². The molecule has 0 fully saturated rings. The lowest BCUT2D eigenvalue weighted by molar-refractivity contribution is -0.137. The zero-order valence-electron chi connectivity index (χ0n) is 18.3. The van der Waals surface area contributed by atoms with Gasteiger partial charge in [0, 0.05) is 6.08 Å². The first kappa shape index (κ1) is 31.4. The van der Waals surface area contributed by atoms with Crippen LogP contribution in [0.1, 0.15) is 12.8 Å². The van der Waals surface area contributed by atoms with E-state index in [4.69, 9.17) is 28.5 Å². The predicted octanol–water partition coefficient (Wildman–Crippen LogP) is 4.39. The van der Waals surface area contributed by atoms with Crippen LogP contribution in [0.4, 0.5) is 4.79 Å². The zero-order valence-corrected chi connectivity index (χ0v) is 19.2. The number of hydrogen-bond acceptors (Lipinski definition) is 10. The van der Waals surface area contributed by atoms with Gasteiger partial charge in [-0.2, -0.15) is 12.6 Å². The number of phenolic OH excluding ortho intramolecular Hbond substituents is 1. The molecule has 1 N–H and O–H groups in total. The van der Waals surface area contributed by atoms with Crippen molar-refractivity contribution in [2.75, 3.05) is 19.5 Å². The lowest BCUT2D eigenvalue weighted by atomic mass is 10.3. The summed E-state index contributed by atoms with van der Waals surface area (Å²) < 4.78 is 20.4. The minimum atomic E-state index is -0.815. The Labute approximate surface area is 198 Å². The van der Waals surface area contributed by atoms with Crippen LogP contribution in [0.3, 0.4) is 0 Å². The van der Waals surface area contributed by atoms with Gasteiger partial charge in [0.2, 0.25) is 0 Å². The average molecular weight is 481 g/mol. The Kier molecular flexibility index (Phi) is 20.4. The third-order valence-electron chi connectivity index (χ3n) is 3.27. The van der Waals surface area contributed by atoms with Crippen molar-refractivity contribution in [2.45, 2.75) is 12.8 Å². The molecule has 0 saturated carbocycles. The van der Waals surface area contributed by atoms with E-state index in [9.17, 15) is 14.7 Å². The van der Waals surface area contributed by atoms with Gasteiger partial charge in [0.15, 0.2) is 0 Å². The first-order valence-electron chi connectivity index (χ1n) is 9.30. The number of carbonyl (C=O) groups excluding carboxylic acids is 4. The van der Waals surface area contributed by atoms with Gasteiger partial charge in [0.05, 0.1) is 13.2 Å². The smallest absolute Gasteiger partial charge is 0.508 e. The number of rotatable bonds is 9. The Morgan fingerprint density at radius 3 is 1.73 bits per heavy atom. The van der Waals surface area contributed by atoms with Crippen LogP contribution >= 0.6 is 12.6 Å². The standard InChI is InChI=1S/C20H20O7.2CH2O.CH4S/c1-2-19(22)24-13-3-4-14-25-20(23)27-18-11-9-17(10-12-18)26-16-7-5-15(21)6-8-16;3*1-2/h2,5-12,21H,1,3-4,13-14H2;2*1H2;2H,1H3. The van der Waals surface area contributed by atoms with E-state index in [1.165, 1.54) is 12.1 Å². The van der Waals surface area contributed by atoms with Crippen molar-refractivity contribution in [3.63, 3.8) is 0 Å². The molecule has 9 nitrogen and oxygen atoms in total. The van der Waals surface area contributed by atoms with Gasteiger partial charge in [-0.15, -0.1) is 0 Å². The molecule has 2 aromatic carbocycles. The van der Waals surface area contributed by atoms with E-state index in [0.29, 0.717) is 30.1 Å². The maximum Gasteiger partial charge on any atom is 0.513 e. The van der Waals surface area contributed by atoms with Gasteiger partial charge >= 0.3 is 12.1 Å². The molecule has 0 radical (unpaired) electrons. The van der Waals surface area contributed by atoms with Crippen molar-refractivity contribution in [3.05, 3.63) is 61.2 Å². The number of hydrogen-bond donors (Lipinski definition) is 2. The van der Waals surface area contributed by atoms with Gasteiger partial charge in [-0.25, -0.2) is 9.59 Å². The minimum absolute atomic E-state index is 0.155. The molecule has 0 amide bonds. The highest BCUT2D eigenvalue weighted by molar-refractivity contribution is 7.79. The number of thiol groups is 1. The van der Waals surface area contributed by atoms with Crippen LogP contribution in [0.2, 0.25) is 0 Å². The van der Waals surface area contributed by atoms with Crippen molar-refractivity contribution in [2.24, 2.45) is 0 Å². The number of aromatic hydroxyl groups is 1. The van der Waals surface area contributed by atoms with Gasteiger partial charge in [-0.1, -0.05) is 6.58 Å². The Morgan fingerprint density at radius 2 is 1.24 bits per heavy atom. The molecule has 0 spiro atoms. The van der Waals surface area contributed by atoms with E-state index < -0.39 is 12.1 Å². The fourth-order valence-corrected chi connectivity index (χ4v) is 1.94. The fourth-order valence-electron chi connectivity index (χ4n) is 1.94. The van der Waals surface area contributed by atoms with Crippen molar-refractivity contribution in [1.82, 2.24) is 0 Å². The molecule has 0 atom stereocenters. The van der Waals surface area contributed by atoms with E-state index in [1.807, 2.05) is 13.6 Å². The highest BCUT2D eigenvalue weighted by Gasteiger charge is 2.07. The number of esters is 1. The van der Waals surface area contributed by atoms with Crippen LogP contribution in [0.5, 0.6) is 23.0 Å². The second kappa shape index (κ2) is 21.4. The number of unbranched alkanes of at least 4 members (excludes halogenated alkanes) is 1. The van der Waals surface area contributed by atoms with Crippen LogP contribution in [-0.4, -0.2) is 50.3 Å². The summed E-state index contributed by atoms with van der Waals surface area (Å²) in [7, 11) is 0. The lowest BCUT2D eigenvalue weighted by Crippen LogP contribution is -2.12. The zero-order chi connectivity index (χ0) is 25.5. The molecule has 180 valence electrons. The first-order chi connectivity index (χ1) is 16.1. The number of benzene rings is 2. The molecule has 0 heterocycles. The van der Waals surface area contributed by atoms with E-state index in [-0.39, 0.29) is 19.0 Å². The van der Waals surface area contributed by atoms with Gasteiger partial charge in [0.1, 0.15) is 36.6 Å². The van der Waals surface area contributed by atoms with Gasteiger partial charge in [-0.05, 0) is 67.6 Å². The van der Waals surface area contributed by atoms with E-state index in [1.54, 1.807) is 42.7 Å². The molecule has 0 aromatic heterocycles. The second-order valence-electron chi connectivity index (χ2n) is 5.35. The quantitative estimate of drug-likeness (QED) is 0.177. The highest BCUT2D eigenvalue weighted by Crippen LogP contribution is 2.25. The molecular weight excluding hydrogens is 452 g/mol. The first-order valence-corrected chi connectivity index (χ1v) is 10.2. The third kappa shape index (κ3) is 15.6. The average Bonchev–Trinajstić information content (AvgIpc) is 2.87. The monoisotopic (exact) mass is 480 g/mol. The summed E-state index contributed by atoms with van der Waals surface area (Å²) in [6.45, 7) is 7.69. The summed E-state index contributed by atoms with van der Waals surface area (Å²) in [6, 6.07) is 12.7. The highest BCUT2D eigenvalue weighted by atomic mass is 32.1. The van der Waals surface area contributed by atoms with Crippen molar-refractivity contribution < 1.29 is 43.2 Å². The van der Waals surface area contributed by atoms with E-state index in [2.05, 4.69) is 19.2 Å². The molecule has 0 unspecified atom stereocenters. The number of ether oxygens (including phenoxy) is 4. The topological polar surface area (TPSA) is 125 Å². The van der Waals surface area contributed by atoms with Crippen LogP contribution < -0.4 is 9.47 Å². The minimum Gasteiger partial charge on any atom is -0.508 e.